The van der Waals surface area contributed by atoms with Gasteiger partial charge in [0.1, 0.15) is 5.75 Å². The Morgan fingerprint density at radius 2 is 2.00 bits per heavy atom. The van der Waals surface area contributed by atoms with E-state index >= 15 is 0 Å². The van der Waals surface area contributed by atoms with Gasteiger partial charge in [-0.15, -0.1) is 0 Å². The van der Waals surface area contributed by atoms with Gasteiger partial charge in [-0.2, -0.15) is 0 Å². The van der Waals surface area contributed by atoms with Gasteiger partial charge in [-0.25, -0.2) is 0 Å². The maximum atomic E-state index is 12.2. The second-order valence-electron chi connectivity index (χ2n) is 5.12. The molecule has 1 heterocycles. The van der Waals surface area contributed by atoms with Crippen LogP contribution in [0.4, 0.5) is 11.4 Å². The molecule has 0 saturated heterocycles. The van der Waals surface area contributed by atoms with Crippen molar-refractivity contribution < 1.29 is 14.3 Å². The Labute approximate surface area is 128 Å². The van der Waals surface area contributed by atoms with Crippen LogP contribution in [0.5, 0.6) is 5.75 Å². The van der Waals surface area contributed by atoms with Gasteiger partial charge in [0.05, 0.1) is 12.2 Å². The van der Waals surface area contributed by atoms with Gasteiger partial charge in [0, 0.05) is 18.7 Å². The second kappa shape index (κ2) is 5.89. The van der Waals surface area contributed by atoms with Crippen molar-refractivity contribution in [3.8, 4) is 5.75 Å². The topological polar surface area (TPSA) is 58.6 Å². The smallest absolute Gasteiger partial charge is 0.265 e. The number of fused-ring (bicyclic) bond motifs is 1. The number of rotatable bonds is 3. The summed E-state index contributed by atoms with van der Waals surface area (Å²) in [6.07, 6.45) is 0. The predicted molar refractivity (Wildman–Crippen MR) is 83.9 cm³/mol. The zero-order valence-electron chi connectivity index (χ0n) is 12.2. The van der Waals surface area contributed by atoms with Gasteiger partial charge in [0.25, 0.3) is 5.91 Å². The molecule has 0 spiro atoms. The Balaban J connectivity index is 1.90. The molecule has 2 aromatic carbocycles. The van der Waals surface area contributed by atoms with Gasteiger partial charge in [-0.3, -0.25) is 9.59 Å². The average molecular weight is 296 g/mol. The van der Waals surface area contributed by atoms with E-state index in [-0.39, 0.29) is 18.4 Å². The lowest BCUT2D eigenvalue weighted by atomic mass is 10.1. The number of carbonyl (C=O) groups is 2. The Hall–Kier alpha value is -2.82. The molecule has 0 aromatic heterocycles. The first-order valence-electron chi connectivity index (χ1n) is 7.02. The first-order chi connectivity index (χ1) is 10.6. The van der Waals surface area contributed by atoms with Gasteiger partial charge >= 0.3 is 0 Å². The summed E-state index contributed by atoms with van der Waals surface area (Å²) in [5.74, 6) is 0.374. The van der Waals surface area contributed by atoms with Gasteiger partial charge in [-0.1, -0.05) is 30.3 Å². The molecule has 0 unspecified atom stereocenters. The summed E-state index contributed by atoms with van der Waals surface area (Å²) < 4.78 is 5.48. The molecule has 22 heavy (non-hydrogen) atoms. The molecule has 5 nitrogen and oxygen atoms in total. The van der Waals surface area contributed by atoms with E-state index in [1.54, 1.807) is 23.1 Å². The molecule has 1 aliphatic heterocycles. The maximum Gasteiger partial charge on any atom is 0.265 e. The summed E-state index contributed by atoms with van der Waals surface area (Å²) in [5, 5.41) is 2.71. The predicted octanol–water partition coefficient (Wildman–Crippen LogP) is 2.57. The fraction of sp³-hybridized carbons (Fsp3) is 0.176. The number of hydrogen-bond acceptors (Lipinski definition) is 3. The number of ether oxygens (including phenoxy) is 1. The maximum absolute atomic E-state index is 12.2. The molecule has 0 fully saturated rings. The lowest BCUT2D eigenvalue weighted by Gasteiger charge is -2.29. The van der Waals surface area contributed by atoms with E-state index in [1.807, 2.05) is 30.3 Å². The van der Waals surface area contributed by atoms with Crippen LogP contribution < -0.4 is 15.0 Å². The Morgan fingerprint density at radius 1 is 1.23 bits per heavy atom. The van der Waals surface area contributed by atoms with Crippen molar-refractivity contribution in [3.05, 3.63) is 54.1 Å². The number of benzene rings is 2. The molecule has 2 amide bonds. The summed E-state index contributed by atoms with van der Waals surface area (Å²) in [6, 6.07) is 15.1. The molecule has 5 heteroatoms. The molecule has 1 N–H and O–H groups in total. The van der Waals surface area contributed by atoms with Crippen LogP contribution in [0.1, 0.15) is 12.5 Å². The van der Waals surface area contributed by atoms with Gasteiger partial charge in [-0.05, 0) is 17.7 Å². The van der Waals surface area contributed by atoms with Crippen LogP contribution in [-0.4, -0.2) is 18.4 Å². The minimum Gasteiger partial charge on any atom is -0.481 e. The first kappa shape index (κ1) is 14.1. The Bertz CT molecular complexity index is 713. The molecule has 3 rings (SSSR count). The van der Waals surface area contributed by atoms with Crippen molar-refractivity contribution in [3.63, 3.8) is 0 Å². The molecule has 0 saturated carbocycles. The molecular weight excluding hydrogens is 280 g/mol. The van der Waals surface area contributed by atoms with Crippen LogP contribution in [0, 0.1) is 0 Å². The minimum absolute atomic E-state index is 0.00333. The lowest BCUT2D eigenvalue weighted by molar-refractivity contribution is -0.121. The van der Waals surface area contributed by atoms with E-state index in [9.17, 15) is 9.59 Å². The highest BCUT2D eigenvalue weighted by molar-refractivity contribution is 5.98. The van der Waals surface area contributed by atoms with Gasteiger partial charge in [0.15, 0.2) is 6.61 Å². The van der Waals surface area contributed by atoms with Crippen molar-refractivity contribution in [2.75, 3.05) is 16.8 Å². The number of hydrogen-bond donors (Lipinski definition) is 1. The van der Waals surface area contributed by atoms with E-state index < -0.39 is 0 Å². The highest BCUT2D eigenvalue weighted by Crippen LogP contribution is 2.35. The molecule has 0 atom stereocenters. The fourth-order valence-corrected chi connectivity index (χ4v) is 2.42. The Morgan fingerprint density at radius 3 is 2.73 bits per heavy atom. The molecule has 1 aliphatic rings. The van der Waals surface area contributed by atoms with Gasteiger partial charge < -0.3 is 15.0 Å². The summed E-state index contributed by atoms with van der Waals surface area (Å²) in [7, 11) is 0. The lowest BCUT2D eigenvalue weighted by Crippen LogP contribution is -2.38. The zero-order valence-corrected chi connectivity index (χ0v) is 12.2. The normalized spacial score (nSPS) is 13.3. The van der Waals surface area contributed by atoms with Crippen LogP contribution in [-0.2, 0) is 16.1 Å². The fourth-order valence-electron chi connectivity index (χ4n) is 2.42. The molecule has 112 valence electrons. The molecule has 0 bridgehead atoms. The first-order valence-corrected chi connectivity index (χ1v) is 7.02. The summed E-state index contributed by atoms with van der Waals surface area (Å²) in [5.41, 5.74) is 2.42. The van der Waals surface area contributed by atoms with Crippen molar-refractivity contribution >= 4 is 23.2 Å². The van der Waals surface area contributed by atoms with E-state index in [1.165, 1.54) is 6.92 Å². The van der Waals surface area contributed by atoms with Crippen LogP contribution in [0.3, 0.4) is 0 Å². The van der Waals surface area contributed by atoms with Gasteiger partial charge in [0.2, 0.25) is 5.91 Å². The van der Waals surface area contributed by atoms with E-state index in [0.29, 0.717) is 23.7 Å². The largest absolute Gasteiger partial charge is 0.481 e. The van der Waals surface area contributed by atoms with Crippen LogP contribution >= 0.6 is 0 Å². The van der Waals surface area contributed by atoms with Crippen molar-refractivity contribution in [2.45, 2.75) is 13.5 Å². The van der Waals surface area contributed by atoms with E-state index in [2.05, 4.69) is 5.32 Å². The molecule has 2 aromatic rings. The standard InChI is InChI=1S/C17H16N2O3/c1-12(20)18-14-7-8-15-16(9-14)22-11-17(21)19(15)10-13-5-3-2-4-6-13/h2-9H,10-11H2,1H3,(H,18,20). The number of anilines is 2. The number of nitrogens with one attached hydrogen (secondary N) is 1. The number of amides is 2. The van der Waals surface area contributed by atoms with Crippen LogP contribution in [0.2, 0.25) is 0 Å². The summed E-state index contributed by atoms with van der Waals surface area (Å²) >= 11 is 0. The quantitative estimate of drug-likeness (QED) is 0.947. The third-order valence-electron chi connectivity index (χ3n) is 3.41. The SMILES string of the molecule is CC(=O)Nc1ccc2c(c1)OCC(=O)N2Cc1ccccc1. The third-order valence-corrected chi connectivity index (χ3v) is 3.41. The highest BCUT2D eigenvalue weighted by atomic mass is 16.5. The minimum atomic E-state index is -0.145. The monoisotopic (exact) mass is 296 g/mol. The van der Waals surface area contributed by atoms with Crippen molar-refractivity contribution in [1.82, 2.24) is 0 Å². The van der Waals surface area contributed by atoms with E-state index in [0.717, 1.165) is 5.56 Å². The highest BCUT2D eigenvalue weighted by Gasteiger charge is 2.25. The molecular formula is C17H16N2O3. The van der Waals surface area contributed by atoms with Crippen molar-refractivity contribution in [2.24, 2.45) is 0 Å². The number of carbonyl (C=O) groups excluding carboxylic acids is 2. The van der Waals surface area contributed by atoms with Crippen LogP contribution in [0.25, 0.3) is 0 Å². The van der Waals surface area contributed by atoms with Crippen LogP contribution in [0.15, 0.2) is 48.5 Å². The molecule has 0 aliphatic carbocycles. The summed E-state index contributed by atoms with van der Waals surface area (Å²) in [6.45, 7) is 1.95. The third kappa shape index (κ3) is 2.93. The zero-order chi connectivity index (χ0) is 15.5. The second-order valence-corrected chi connectivity index (χ2v) is 5.12. The molecule has 0 radical (unpaired) electrons. The van der Waals surface area contributed by atoms with E-state index in [4.69, 9.17) is 4.74 Å². The number of nitrogens with zero attached hydrogens (tertiary/aromatic N) is 1. The van der Waals surface area contributed by atoms with Crippen molar-refractivity contribution in [1.29, 1.82) is 0 Å². The summed E-state index contributed by atoms with van der Waals surface area (Å²) in [4.78, 5) is 25.0. The Kier molecular flexibility index (Phi) is 3.78. The average Bonchev–Trinajstić information content (AvgIpc) is 2.50.